The lowest BCUT2D eigenvalue weighted by Crippen LogP contribution is -2.65. The van der Waals surface area contributed by atoms with Crippen LogP contribution in [0.5, 0.6) is 0 Å². The number of aryl methyl sites for hydroxylation is 1. The van der Waals surface area contributed by atoms with Crippen molar-refractivity contribution in [2.75, 3.05) is 51.1 Å². The highest BCUT2D eigenvalue weighted by Crippen LogP contribution is 2.26. The molecule has 0 unspecified atom stereocenters. The van der Waals surface area contributed by atoms with E-state index >= 15 is 0 Å². The van der Waals surface area contributed by atoms with E-state index < -0.39 is 12.1 Å². The Labute approximate surface area is 161 Å². The van der Waals surface area contributed by atoms with Crippen molar-refractivity contribution < 1.29 is 22.8 Å². The van der Waals surface area contributed by atoms with Crippen molar-refractivity contribution in [3.63, 3.8) is 0 Å². The number of rotatable bonds is 2. The number of halogens is 3. The fourth-order valence-electron chi connectivity index (χ4n) is 4.11. The Morgan fingerprint density at radius 2 is 1.75 bits per heavy atom. The Bertz CT molecular complexity index is 769. The van der Waals surface area contributed by atoms with Crippen molar-refractivity contribution in [1.82, 2.24) is 14.7 Å². The van der Waals surface area contributed by atoms with Crippen molar-refractivity contribution in [2.45, 2.75) is 25.1 Å². The van der Waals surface area contributed by atoms with Crippen LogP contribution in [0.1, 0.15) is 22.3 Å². The number of benzene rings is 1. The average molecular weight is 396 g/mol. The number of carbonyl (C=O) groups excluding carboxylic acids is 2. The fraction of sp³-hybridized carbons (Fsp3) is 0.579. The molecule has 6 nitrogen and oxygen atoms in total. The van der Waals surface area contributed by atoms with Crippen molar-refractivity contribution >= 4 is 17.5 Å². The summed E-state index contributed by atoms with van der Waals surface area (Å²) in [5, 5.41) is 3.33. The number of nitrogens with one attached hydrogen (secondary N) is 1. The number of anilines is 1. The third-order valence-electron chi connectivity index (χ3n) is 5.80. The molecule has 3 heterocycles. The van der Waals surface area contributed by atoms with Crippen molar-refractivity contribution in [2.24, 2.45) is 0 Å². The number of piperazine rings is 1. The molecular weight excluding hydrogens is 373 g/mol. The summed E-state index contributed by atoms with van der Waals surface area (Å²) in [5.41, 5.74) is 2.94. The molecule has 2 saturated heterocycles. The molecule has 1 N–H and O–H groups in total. The molecule has 2 fully saturated rings. The minimum Gasteiger partial charge on any atom is -0.385 e. The number of likely N-dealkylation sites (tertiary alicyclic amines) is 1. The molecule has 0 bridgehead atoms. The quantitative estimate of drug-likeness (QED) is 0.825. The van der Waals surface area contributed by atoms with Gasteiger partial charge in [0.15, 0.2) is 0 Å². The monoisotopic (exact) mass is 396 g/mol. The maximum Gasteiger partial charge on any atom is 0.471 e. The molecule has 1 aromatic rings. The smallest absolute Gasteiger partial charge is 0.385 e. The van der Waals surface area contributed by atoms with Crippen LogP contribution < -0.4 is 5.32 Å². The molecular formula is C19H23F3N4O2. The van der Waals surface area contributed by atoms with Crippen LogP contribution in [0, 0.1) is 0 Å². The van der Waals surface area contributed by atoms with Crippen molar-refractivity contribution in [3.05, 3.63) is 29.3 Å². The van der Waals surface area contributed by atoms with Crippen LogP contribution in [0.25, 0.3) is 0 Å². The molecule has 3 aliphatic rings. The van der Waals surface area contributed by atoms with E-state index in [0.717, 1.165) is 30.0 Å². The zero-order valence-corrected chi connectivity index (χ0v) is 15.5. The standard InChI is InChI=1S/C19H23F3N4O2/c20-19(21,22)18(28)25-8-6-24(7-9-25)15-11-26(12-15)17(27)14-3-4-16-13(10-14)2-1-5-23-16/h3-4,10,15,23H,1-2,5-9,11-12H2. The molecule has 4 rings (SSSR count). The lowest BCUT2D eigenvalue weighted by atomic mass is 9.98. The van der Waals surface area contributed by atoms with Gasteiger partial charge in [-0.2, -0.15) is 13.2 Å². The summed E-state index contributed by atoms with van der Waals surface area (Å²) >= 11 is 0. The van der Waals surface area contributed by atoms with Crippen molar-refractivity contribution in [1.29, 1.82) is 0 Å². The van der Waals surface area contributed by atoms with Crippen molar-refractivity contribution in [3.8, 4) is 0 Å². The van der Waals surface area contributed by atoms with Gasteiger partial charge < -0.3 is 15.1 Å². The van der Waals surface area contributed by atoms with E-state index in [0.29, 0.717) is 31.7 Å². The molecule has 28 heavy (non-hydrogen) atoms. The number of fused-ring (bicyclic) bond motifs is 1. The summed E-state index contributed by atoms with van der Waals surface area (Å²) < 4.78 is 37.6. The first kappa shape index (κ1) is 19.0. The highest BCUT2D eigenvalue weighted by atomic mass is 19.4. The summed E-state index contributed by atoms with van der Waals surface area (Å²) in [5.74, 6) is -1.77. The summed E-state index contributed by atoms with van der Waals surface area (Å²) in [6.07, 6.45) is -2.79. The highest BCUT2D eigenvalue weighted by molar-refractivity contribution is 5.95. The number of carbonyl (C=O) groups is 2. The van der Waals surface area contributed by atoms with Crippen LogP contribution in [-0.2, 0) is 11.2 Å². The van der Waals surface area contributed by atoms with E-state index in [2.05, 4.69) is 10.2 Å². The maximum atomic E-state index is 12.7. The van der Waals surface area contributed by atoms with Crippen LogP contribution in [0.15, 0.2) is 18.2 Å². The molecule has 0 atom stereocenters. The second kappa shape index (κ2) is 7.27. The van der Waals surface area contributed by atoms with Crippen LogP contribution in [0.4, 0.5) is 18.9 Å². The summed E-state index contributed by atoms with van der Waals surface area (Å²) in [4.78, 5) is 28.7. The van der Waals surface area contributed by atoms with Crippen LogP contribution >= 0.6 is 0 Å². The summed E-state index contributed by atoms with van der Waals surface area (Å²) in [6.45, 7) is 3.04. The zero-order chi connectivity index (χ0) is 19.9. The Morgan fingerprint density at radius 3 is 2.43 bits per heavy atom. The molecule has 3 aliphatic heterocycles. The third-order valence-corrected chi connectivity index (χ3v) is 5.80. The van der Waals surface area contributed by atoms with Crippen LogP contribution in [0.2, 0.25) is 0 Å². The maximum absolute atomic E-state index is 12.7. The van der Waals surface area contributed by atoms with Gasteiger partial charge in [0.1, 0.15) is 0 Å². The van der Waals surface area contributed by atoms with Gasteiger partial charge in [-0.1, -0.05) is 0 Å². The predicted octanol–water partition coefficient (Wildman–Crippen LogP) is 1.58. The normalized spacial score (nSPS) is 21.0. The van der Waals surface area contributed by atoms with Gasteiger partial charge in [-0.25, -0.2) is 0 Å². The minimum atomic E-state index is -4.81. The SMILES string of the molecule is O=C(c1ccc2c(c1)CCCN2)N1CC(N2CCN(C(=O)C(F)(F)F)CC2)C1. The fourth-order valence-corrected chi connectivity index (χ4v) is 4.11. The second-order valence-corrected chi connectivity index (χ2v) is 7.59. The van der Waals surface area contributed by atoms with Gasteiger partial charge in [-0.05, 0) is 36.6 Å². The molecule has 152 valence electrons. The Hall–Kier alpha value is -2.29. The second-order valence-electron chi connectivity index (χ2n) is 7.59. The number of amides is 2. The van der Waals surface area contributed by atoms with E-state index in [-0.39, 0.29) is 25.0 Å². The molecule has 9 heteroatoms. The molecule has 2 amide bonds. The van der Waals surface area contributed by atoms with Gasteiger partial charge in [0.25, 0.3) is 5.91 Å². The first-order valence-corrected chi connectivity index (χ1v) is 9.59. The van der Waals surface area contributed by atoms with Crippen LogP contribution in [0.3, 0.4) is 0 Å². The Kier molecular flexibility index (Phi) is 4.95. The Morgan fingerprint density at radius 1 is 1.04 bits per heavy atom. The van der Waals surface area contributed by atoms with E-state index in [4.69, 9.17) is 0 Å². The number of nitrogens with zero attached hydrogens (tertiary/aromatic N) is 3. The van der Waals surface area contributed by atoms with Gasteiger partial charge in [-0.15, -0.1) is 0 Å². The van der Waals surface area contributed by atoms with Gasteiger partial charge in [0.05, 0.1) is 0 Å². The van der Waals surface area contributed by atoms with E-state index in [1.165, 1.54) is 5.56 Å². The minimum absolute atomic E-state index is 0.00416. The number of alkyl halides is 3. The van der Waals surface area contributed by atoms with E-state index in [1.54, 1.807) is 4.90 Å². The van der Waals surface area contributed by atoms with Crippen LogP contribution in [-0.4, -0.2) is 84.5 Å². The predicted molar refractivity (Wildman–Crippen MR) is 97.2 cm³/mol. The molecule has 0 aliphatic carbocycles. The summed E-state index contributed by atoms with van der Waals surface area (Å²) in [7, 11) is 0. The number of hydrogen-bond acceptors (Lipinski definition) is 4. The van der Waals surface area contributed by atoms with Gasteiger partial charge in [-0.3, -0.25) is 14.5 Å². The molecule has 0 saturated carbocycles. The lowest BCUT2D eigenvalue weighted by molar-refractivity contribution is -0.187. The largest absolute Gasteiger partial charge is 0.471 e. The molecule has 0 radical (unpaired) electrons. The highest BCUT2D eigenvalue weighted by Gasteiger charge is 2.44. The summed E-state index contributed by atoms with van der Waals surface area (Å²) in [6, 6.07) is 5.90. The van der Waals surface area contributed by atoms with E-state index in [9.17, 15) is 22.8 Å². The zero-order valence-electron chi connectivity index (χ0n) is 15.5. The lowest BCUT2D eigenvalue weighted by Gasteiger charge is -2.48. The topological polar surface area (TPSA) is 55.9 Å². The molecule has 1 aromatic carbocycles. The first-order valence-electron chi connectivity index (χ1n) is 9.59. The van der Waals surface area contributed by atoms with Gasteiger partial charge in [0.2, 0.25) is 0 Å². The average Bonchev–Trinajstić information content (AvgIpc) is 2.65. The first-order chi connectivity index (χ1) is 13.3. The molecule has 0 spiro atoms. The Balaban J connectivity index is 1.28. The van der Waals surface area contributed by atoms with Gasteiger partial charge in [0, 0.05) is 63.1 Å². The number of hydrogen-bond donors (Lipinski definition) is 1. The molecule has 0 aromatic heterocycles. The van der Waals surface area contributed by atoms with Gasteiger partial charge >= 0.3 is 12.1 Å². The van der Waals surface area contributed by atoms with E-state index in [1.807, 2.05) is 18.2 Å². The third kappa shape index (κ3) is 3.67.